The number of benzene rings is 4. The molecule has 0 saturated carbocycles. The zero-order valence-corrected chi connectivity index (χ0v) is 26.4. The van der Waals surface area contributed by atoms with Crippen molar-refractivity contribution in [1.29, 1.82) is 0 Å². The van der Waals surface area contributed by atoms with Crippen LogP contribution in [0.4, 0.5) is 0 Å². The summed E-state index contributed by atoms with van der Waals surface area (Å²) in [4.78, 5) is 0. The average molecular weight is 668 g/mol. The summed E-state index contributed by atoms with van der Waals surface area (Å²) in [7, 11) is 1.62. The lowest BCUT2D eigenvalue weighted by Gasteiger charge is -2.45. The molecule has 6 nitrogen and oxygen atoms in total. The van der Waals surface area contributed by atoms with E-state index in [-0.39, 0.29) is 6.61 Å². The Hall–Kier alpha value is -2.59. The van der Waals surface area contributed by atoms with Crippen LogP contribution in [0.2, 0.25) is 5.02 Å². The van der Waals surface area contributed by atoms with Gasteiger partial charge in [-0.05, 0) is 40.5 Å². The first kappa shape index (κ1) is 31.8. The van der Waals surface area contributed by atoms with E-state index in [0.29, 0.717) is 31.5 Å². The molecule has 0 aromatic heterocycles. The summed E-state index contributed by atoms with van der Waals surface area (Å²) >= 11 is 9.69. The van der Waals surface area contributed by atoms with Crippen LogP contribution >= 0.6 is 27.5 Å². The number of methoxy groups -OCH3 is 1. The van der Waals surface area contributed by atoms with E-state index in [0.717, 1.165) is 26.7 Å². The number of rotatable bonds is 14. The second-order valence-electron chi connectivity index (χ2n) is 10.3. The van der Waals surface area contributed by atoms with Crippen LogP contribution in [-0.4, -0.2) is 44.4 Å². The summed E-state index contributed by atoms with van der Waals surface area (Å²) in [6.45, 7) is 1.76. The highest BCUT2D eigenvalue weighted by atomic mass is 79.9. The molecule has 5 atom stereocenters. The molecule has 0 amide bonds. The molecular formula is C35H36BrClO6. The van der Waals surface area contributed by atoms with E-state index in [9.17, 15) is 0 Å². The van der Waals surface area contributed by atoms with E-state index in [2.05, 4.69) is 15.9 Å². The third-order valence-corrected chi connectivity index (χ3v) is 8.27. The van der Waals surface area contributed by atoms with E-state index in [4.69, 9.17) is 40.0 Å². The molecule has 226 valence electrons. The molecule has 5 rings (SSSR count). The molecule has 0 spiro atoms. The second-order valence-corrected chi connectivity index (χ2v) is 11.6. The van der Waals surface area contributed by atoms with Crippen LogP contribution in [0.3, 0.4) is 0 Å². The summed E-state index contributed by atoms with van der Waals surface area (Å²) < 4.78 is 39.3. The summed E-state index contributed by atoms with van der Waals surface area (Å²) in [5.74, 6) is 0. The fourth-order valence-electron chi connectivity index (χ4n) is 4.98. The molecule has 4 aromatic rings. The number of hydrogen-bond acceptors (Lipinski definition) is 6. The minimum atomic E-state index is -0.705. The van der Waals surface area contributed by atoms with Crippen LogP contribution in [0.1, 0.15) is 22.3 Å². The minimum absolute atomic E-state index is 0.268. The van der Waals surface area contributed by atoms with Gasteiger partial charge in [0.05, 0.1) is 33.0 Å². The Morgan fingerprint density at radius 1 is 0.628 bits per heavy atom. The van der Waals surface area contributed by atoms with E-state index in [1.54, 1.807) is 7.11 Å². The lowest BCUT2D eigenvalue weighted by atomic mass is 9.97. The molecule has 0 N–H and O–H groups in total. The van der Waals surface area contributed by atoms with Crippen LogP contribution in [0, 0.1) is 0 Å². The van der Waals surface area contributed by atoms with Crippen LogP contribution < -0.4 is 0 Å². The molecule has 1 aliphatic rings. The molecule has 0 bridgehead atoms. The predicted octanol–water partition coefficient (Wildman–Crippen LogP) is 7.75. The smallest absolute Gasteiger partial charge is 0.186 e. The van der Waals surface area contributed by atoms with Gasteiger partial charge in [0.25, 0.3) is 0 Å². The quantitative estimate of drug-likeness (QED) is 0.137. The molecule has 0 unspecified atom stereocenters. The fourth-order valence-corrected chi connectivity index (χ4v) is 5.50. The zero-order valence-electron chi connectivity index (χ0n) is 24.0. The van der Waals surface area contributed by atoms with Gasteiger partial charge in [-0.2, -0.15) is 0 Å². The third-order valence-electron chi connectivity index (χ3n) is 7.25. The van der Waals surface area contributed by atoms with Crippen LogP contribution in [0.5, 0.6) is 0 Å². The van der Waals surface area contributed by atoms with Gasteiger partial charge in [-0.1, -0.05) is 119 Å². The Bertz CT molecular complexity index is 1370. The highest BCUT2D eigenvalue weighted by Crippen LogP contribution is 2.32. The standard InChI is InChI=1S/C35H36BrClO6/c1-38-35-34(42-23-28-14-8-9-15-30(28)36)33(41-22-26-12-6-3-7-13-26)32(40-21-25-10-4-2-5-11-25)31(43-35)24-39-20-27-16-18-29(37)19-17-27/h2-19,31-35H,20-24H2,1H3/t31-,32-,33+,34-,35+/m1/s1. The Morgan fingerprint density at radius 2 is 1.19 bits per heavy atom. The Kier molecular flexibility index (Phi) is 12.2. The lowest BCUT2D eigenvalue weighted by molar-refractivity contribution is -0.323. The van der Waals surface area contributed by atoms with Gasteiger partial charge in [-0.3, -0.25) is 0 Å². The van der Waals surface area contributed by atoms with Crippen molar-refractivity contribution in [2.75, 3.05) is 13.7 Å². The van der Waals surface area contributed by atoms with Crippen molar-refractivity contribution >= 4 is 27.5 Å². The number of ether oxygens (including phenoxy) is 6. The molecule has 4 aromatic carbocycles. The van der Waals surface area contributed by atoms with Gasteiger partial charge >= 0.3 is 0 Å². The van der Waals surface area contributed by atoms with Crippen molar-refractivity contribution < 1.29 is 28.4 Å². The molecule has 0 aliphatic carbocycles. The Labute approximate surface area is 266 Å². The molecule has 1 heterocycles. The van der Waals surface area contributed by atoms with Crippen molar-refractivity contribution in [3.8, 4) is 0 Å². The SMILES string of the molecule is CO[C@H]1O[C@H](COCc2ccc(Cl)cc2)[C@@H](OCc2ccccc2)[C@H](OCc2ccccc2)[C@H]1OCc1ccccc1Br. The first-order valence-electron chi connectivity index (χ1n) is 14.3. The maximum atomic E-state index is 6.65. The molecule has 1 fully saturated rings. The van der Waals surface area contributed by atoms with Crippen molar-refractivity contribution in [3.63, 3.8) is 0 Å². The van der Waals surface area contributed by atoms with E-state index < -0.39 is 30.7 Å². The zero-order chi connectivity index (χ0) is 29.9. The van der Waals surface area contributed by atoms with Gasteiger partial charge in [-0.15, -0.1) is 0 Å². The second kappa shape index (κ2) is 16.5. The highest BCUT2D eigenvalue weighted by molar-refractivity contribution is 9.10. The van der Waals surface area contributed by atoms with Gasteiger partial charge in [-0.25, -0.2) is 0 Å². The maximum Gasteiger partial charge on any atom is 0.186 e. The van der Waals surface area contributed by atoms with E-state index in [1.807, 2.05) is 109 Å². The largest absolute Gasteiger partial charge is 0.374 e. The first-order chi connectivity index (χ1) is 21.1. The Balaban J connectivity index is 1.39. The monoisotopic (exact) mass is 666 g/mol. The van der Waals surface area contributed by atoms with Crippen LogP contribution in [-0.2, 0) is 54.8 Å². The van der Waals surface area contributed by atoms with Crippen molar-refractivity contribution in [2.24, 2.45) is 0 Å². The fraction of sp³-hybridized carbons (Fsp3) is 0.314. The highest BCUT2D eigenvalue weighted by Gasteiger charge is 2.48. The van der Waals surface area contributed by atoms with Crippen molar-refractivity contribution in [1.82, 2.24) is 0 Å². The topological polar surface area (TPSA) is 55.4 Å². The molecule has 43 heavy (non-hydrogen) atoms. The van der Waals surface area contributed by atoms with Gasteiger partial charge in [0.2, 0.25) is 0 Å². The van der Waals surface area contributed by atoms with E-state index in [1.165, 1.54) is 0 Å². The molecule has 1 saturated heterocycles. The third kappa shape index (κ3) is 9.20. The molecule has 0 radical (unpaired) electrons. The summed E-state index contributed by atoms with van der Waals surface area (Å²) in [6.07, 6.45) is -2.79. The Morgan fingerprint density at radius 3 is 1.81 bits per heavy atom. The van der Waals surface area contributed by atoms with E-state index >= 15 is 0 Å². The first-order valence-corrected chi connectivity index (χ1v) is 15.4. The molecule has 8 heteroatoms. The molecule has 1 aliphatic heterocycles. The predicted molar refractivity (Wildman–Crippen MR) is 170 cm³/mol. The van der Waals surface area contributed by atoms with Gasteiger partial charge < -0.3 is 28.4 Å². The van der Waals surface area contributed by atoms with Crippen molar-refractivity contribution in [2.45, 2.75) is 57.1 Å². The van der Waals surface area contributed by atoms with Gasteiger partial charge in [0.1, 0.15) is 24.4 Å². The normalized spacial score (nSPS) is 22.0. The lowest BCUT2D eigenvalue weighted by Crippen LogP contribution is -2.61. The maximum absolute atomic E-state index is 6.65. The summed E-state index contributed by atoms with van der Waals surface area (Å²) in [5.41, 5.74) is 4.11. The van der Waals surface area contributed by atoms with Gasteiger partial charge in [0, 0.05) is 16.6 Å². The van der Waals surface area contributed by atoms with Gasteiger partial charge in [0.15, 0.2) is 6.29 Å². The number of hydrogen-bond donors (Lipinski definition) is 0. The summed E-state index contributed by atoms with van der Waals surface area (Å²) in [6, 6.07) is 35.7. The number of halogens is 2. The van der Waals surface area contributed by atoms with Crippen LogP contribution in [0.15, 0.2) is 114 Å². The molecular weight excluding hydrogens is 632 g/mol. The van der Waals surface area contributed by atoms with Crippen molar-refractivity contribution in [3.05, 3.63) is 141 Å². The average Bonchev–Trinajstić information content (AvgIpc) is 3.04. The van der Waals surface area contributed by atoms with Crippen LogP contribution in [0.25, 0.3) is 0 Å². The summed E-state index contributed by atoms with van der Waals surface area (Å²) in [5, 5.41) is 0.684. The minimum Gasteiger partial charge on any atom is -0.374 e.